The van der Waals surface area contributed by atoms with Crippen LogP contribution in [0.25, 0.3) is 17.2 Å². The maximum atomic E-state index is 11.8. The van der Waals surface area contributed by atoms with E-state index in [1.165, 1.54) is 13.2 Å². The molecule has 1 aromatic heterocycles. The van der Waals surface area contributed by atoms with Gasteiger partial charge in [0.15, 0.2) is 0 Å². The van der Waals surface area contributed by atoms with Gasteiger partial charge >= 0.3 is 5.97 Å². The number of pyridine rings is 1. The van der Waals surface area contributed by atoms with Gasteiger partial charge in [-0.3, -0.25) is 0 Å². The van der Waals surface area contributed by atoms with Gasteiger partial charge in [-0.25, -0.2) is 9.78 Å². The molecule has 0 spiro atoms. The zero-order chi connectivity index (χ0) is 23.1. The van der Waals surface area contributed by atoms with Crippen molar-refractivity contribution in [1.29, 1.82) is 0 Å². The molecule has 0 atom stereocenters. The highest BCUT2D eigenvalue weighted by atomic mass is 16.5. The fourth-order valence-corrected chi connectivity index (χ4v) is 3.38. The van der Waals surface area contributed by atoms with Crippen molar-refractivity contribution in [3.8, 4) is 22.8 Å². The van der Waals surface area contributed by atoms with E-state index in [0.29, 0.717) is 12.5 Å². The Hall–Kier alpha value is -3.60. The molecule has 2 aromatic carbocycles. The Kier molecular flexibility index (Phi) is 7.31. The van der Waals surface area contributed by atoms with Gasteiger partial charge in [-0.1, -0.05) is 51.1 Å². The molecule has 5 heteroatoms. The maximum absolute atomic E-state index is 11.8. The van der Waals surface area contributed by atoms with Crippen molar-refractivity contribution in [1.82, 2.24) is 4.98 Å². The Balaban J connectivity index is 2.12. The number of benzene rings is 2. The summed E-state index contributed by atoms with van der Waals surface area (Å²) < 4.78 is 16.5. The van der Waals surface area contributed by atoms with Gasteiger partial charge in [0.1, 0.15) is 12.4 Å². The lowest BCUT2D eigenvalue weighted by atomic mass is 9.83. The first kappa shape index (κ1) is 23.1. The topological polar surface area (TPSA) is 57.7 Å². The van der Waals surface area contributed by atoms with Crippen LogP contribution in [-0.2, 0) is 21.6 Å². The van der Waals surface area contributed by atoms with Crippen molar-refractivity contribution in [3.05, 3.63) is 83.6 Å². The minimum absolute atomic E-state index is 0.155. The molecule has 0 saturated heterocycles. The Morgan fingerprint density at radius 2 is 1.75 bits per heavy atom. The number of ether oxygens (including phenoxy) is 3. The average molecular weight is 432 g/mol. The molecule has 5 nitrogen and oxygen atoms in total. The van der Waals surface area contributed by atoms with E-state index >= 15 is 0 Å². The number of hydrogen-bond acceptors (Lipinski definition) is 5. The molecule has 0 aliphatic rings. The Morgan fingerprint density at radius 3 is 2.41 bits per heavy atom. The molecule has 0 bridgehead atoms. The van der Waals surface area contributed by atoms with Crippen LogP contribution in [0.4, 0.5) is 0 Å². The second kappa shape index (κ2) is 10.1. The third kappa shape index (κ3) is 5.55. The minimum atomic E-state index is -0.429. The quantitative estimate of drug-likeness (QED) is 0.348. The predicted molar refractivity (Wildman–Crippen MR) is 127 cm³/mol. The summed E-state index contributed by atoms with van der Waals surface area (Å²) in [7, 11) is 3.00. The molecule has 3 rings (SSSR count). The molecule has 0 amide bonds. The lowest BCUT2D eigenvalue weighted by molar-refractivity contribution is -0.134. The van der Waals surface area contributed by atoms with Crippen LogP contribution in [0.2, 0.25) is 0 Å². The predicted octanol–water partition coefficient (Wildman–Crippen LogP) is 5.82. The first-order valence-corrected chi connectivity index (χ1v) is 10.4. The highest BCUT2D eigenvalue weighted by Gasteiger charge is 2.23. The van der Waals surface area contributed by atoms with Crippen LogP contribution in [0, 0.1) is 0 Å². The minimum Gasteiger partial charge on any atom is -0.496 e. The molecular weight excluding hydrogens is 402 g/mol. The molecule has 1 heterocycles. The van der Waals surface area contributed by atoms with Crippen LogP contribution in [0.5, 0.6) is 11.6 Å². The summed E-state index contributed by atoms with van der Waals surface area (Å²) in [5.74, 6) is 0.844. The van der Waals surface area contributed by atoms with E-state index < -0.39 is 5.97 Å². The van der Waals surface area contributed by atoms with Gasteiger partial charge in [0.25, 0.3) is 0 Å². The summed E-state index contributed by atoms with van der Waals surface area (Å²) in [6.45, 7) is 6.80. The fraction of sp³-hybridized carbons (Fsp3) is 0.259. The highest BCUT2D eigenvalue weighted by molar-refractivity contribution is 5.90. The molecule has 0 saturated carbocycles. The number of carbonyl (C=O) groups excluding carboxylic acids is 1. The van der Waals surface area contributed by atoms with Crippen LogP contribution in [0.1, 0.15) is 37.5 Å². The van der Waals surface area contributed by atoms with E-state index in [-0.39, 0.29) is 5.41 Å². The monoisotopic (exact) mass is 431 g/mol. The van der Waals surface area contributed by atoms with E-state index in [9.17, 15) is 4.79 Å². The van der Waals surface area contributed by atoms with Crippen molar-refractivity contribution in [2.24, 2.45) is 0 Å². The molecule has 3 aromatic rings. The van der Waals surface area contributed by atoms with Crippen LogP contribution < -0.4 is 9.47 Å². The normalized spacial score (nSPS) is 11.4. The third-order valence-corrected chi connectivity index (χ3v) is 5.06. The van der Waals surface area contributed by atoms with Gasteiger partial charge < -0.3 is 14.2 Å². The number of esters is 1. The molecule has 0 N–H and O–H groups in total. The first-order chi connectivity index (χ1) is 15.3. The molecule has 0 fully saturated rings. The highest BCUT2D eigenvalue weighted by Crippen LogP contribution is 2.40. The molecule has 0 unspecified atom stereocenters. The summed E-state index contributed by atoms with van der Waals surface area (Å²) in [6, 6.07) is 17.8. The largest absolute Gasteiger partial charge is 0.496 e. The number of hydrogen-bond donors (Lipinski definition) is 0. The SMILES string of the molecule is COC(=O)/C=C/c1cc(OC)c(C(C)(C)C)cc1-c1cccnc1OCc1ccccc1. The number of carbonyl (C=O) groups is 1. The van der Waals surface area contributed by atoms with E-state index in [4.69, 9.17) is 14.2 Å². The average Bonchev–Trinajstić information content (AvgIpc) is 2.80. The van der Waals surface area contributed by atoms with Crippen LogP contribution in [-0.4, -0.2) is 25.2 Å². The van der Waals surface area contributed by atoms with Crippen LogP contribution >= 0.6 is 0 Å². The van der Waals surface area contributed by atoms with E-state index in [2.05, 4.69) is 31.8 Å². The van der Waals surface area contributed by atoms with Crippen LogP contribution in [0.15, 0.2) is 66.9 Å². The van der Waals surface area contributed by atoms with Crippen molar-refractivity contribution in [2.75, 3.05) is 14.2 Å². The summed E-state index contributed by atoms with van der Waals surface area (Å²) in [6.07, 6.45) is 4.84. The second-order valence-electron chi connectivity index (χ2n) is 8.38. The zero-order valence-electron chi connectivity index (χ0n) is 19.2. The standard InChI is InChI=1S/C27H29NO4/c1-27(2,3)23-17-22(20(16-24(23)30-4)13-14-25(29)31-5)21-12-9-15-28-26(21)32-18-19-10-7-6-8-11-19/h6-17H,18H2,1-5H3/b14-13+. The summed E-state index contributed by atoms with van der Waals surface area (Å²) >= 11 is 0. The fourth-order valence-electron chi connectivity index (χ4n) is 3.38. The zero-order valence-corrected chi connectivity index (χ0v) is 19.2. The van der Waals surface area contributed by atoms with Gasteiger partial charge in [-0.15, -0.1) is 0 Å². The second-order valence-corrected chi connectivity index (χ2v) is 8.38. The third-order valence-electron chi connectivity index (χ3n) is 5.06. The van der Waals surface area contributed by atoms with E-state index in [0.717, 1.165) is 33.6 Å². The Bertz CT molecular complexity index is 1100. The lowest BCUT2D eigenvalue weighted by Gasteiger charge is -2.24. The molecule has 0 aliphatic carbocycles. The van der Waals surface area contributed by atoms with Gasteiger partial charge in [-0.05, 0) is 52.4 Å². The molecule has 166 valence electrons. The smallest absolute Gasteiger partial charge is 0.330 e. The number of rotatable bonds is 7. The summed E-state index contributed by atoms with van der Waals surface area (Å²) in [5.41, 5.74) is 4.48. The number of aromatic nitrogens is 1. The molecule has 0 aliphatic heterocycles. The van der Waals surface area contributed by atoms with Crippen molar-refractivity contribution >= 4 is 12.0 Å². The van der Waals surface area contributed by atoms with E-state index in [1.54, 1.807) is 19.4 Å². The van der Waals surface area contributed by atoms with Crippen molar-refractivity contribution < 1.29 is 19.0 Å². The summed E-state index contributed by atoms with van der Waals surface area (Å²) in [5, 5.41) is 0. The number of nitrogens with zero attached hydrogens (tertiary/aromatic N) is 1. The van der Waals surface area contributed by atoms with Crippen molar-refractivity contribution in [2.45, 2.75) is 32.8 Å². The molecule has 32 heavy (non-hydrogen) atoms. The summed E-state index contributed by atoms with van der Waals surface area (Å²) in [4.78, 5) is 16.3. The number of methoxy groups -OCH3 is 2. The lowest BCUT2D eigenvalue weighted by Crippen LogP contribution is -2.13. The Morgan fingerprint density at radius 1 is 1.00 bits per heavy atom. The molecule has 0 radical (unpaired) electrons. The van der Waals surface area contributed by atoms with Gasteiger partial charge in [0.05, 0.1) is 14.2 Å². The van der Waals surface area contributed by atoms with Crippen LogP contribution in [0.3, 0.4) is 0 Å². The van der Waals surface area contributed by atoms with Gasteiger partial charge in [-0.2, -0.15) is 0 Å². The maximum Gasteiger partial charge on any atom is 0.330 e. The first-order valence-electron chi connectivity index (χ1n) is 10.4. The Labute approximate surface area is 189 Å². The van der Waals surface area contributed by atoms with Crippen molar-refractivity contribution in [3.63, 3.8) is 0 Å². The molecular formula is C27H29NO4. The van der Waals surface area contributed by atoms with Gasteiger partial charge in [0.2, 0.25) is 5.88 Å². The van der Waals surface area contributed by atoms with Gasteiger partial charge in [0, 0.05) is 23.4 Å². The van der Waals surface area contributed by atoms with E-state index in [1.807, 2.05) is 48.5 Å².